The Kier molecular flexibility index (Phi) is 5.45. The zero-order valence-electron chi connectivity index (χ0n) is 12.9. The number of carboxylic acid groups (broad SMARTS) is 1. The van der Waals surface area contributed by atoms with Crippen molar-refractivity contribution in [1.82, 2.24) is 10.2 Å². The minimum atomic E-state index is -0.768. The maximum Gasteiger partial charge on any atom is 0.407 e. The maximum absolute atomic E-state index is 11.6. The molecule has 0 aromatic carbocycles. The van der Waals surface area contributed by atoms with E-state index in [9.17, 15) is 9.59 Å². The van der Waals surface area contributed by atoms with Gasteiger partial charge in [-0.3, -0.25) is 9.69 Å². The van der Waals surface area contributed by atoms with Crippen LogP contribution < -0.4 is 5.32 Å². The van der Waals surface area contributed by atoms with E-state index in [1.54, 1.807) is 6.92 Å². The van der Waals surface area contributed by atoms with Crippen LogP contribution in [0.1, 0.15) is 39.5 Å². The number of carbonyl (C=O) groups excluding carboxylic acids is 1. The van der Waals surface area contributed by atoms with Gasteiger partial charge in [-0.25, -0.2) is 4.79 Å². The Labute approximate surface area is 125 Å². The molecule has 3 atom stereocenters. The molecule has 2 aliphatic rings. The van der Waals surface area contributed by atoms with Crippen molar-refractivity contribution in [3.63, 3.8) is 0 Å². The van der Waals surface area contributed by atoms with Gasteiger partial charge in [0.15, 0.2) is 0 Å². The quantitative estimate of drug-likeness (QED) is 0.780. The van der Waals surface area contributed by atoms with Gasteiger partial charge in [0.2, 0.25) is 0 Å². The molecule has 1 amide bonds. The lowest BCUT2D eigenvalue weighted by Crippen LogP contribution is -2.54. The van der Waals surface area contributed by atoms with Gasteiger partial charge in [0.1, 0.15) is 0 Å². The lowest BCUT2D eigenvalue weighted by molar-refractivity contribution is -0.138. The lowest BCUT2D eigenvalue weighted by Gasteiger charge is -2.40. The number of aliphatic carboxylic acids is 1. The maximum atomic E-state index is 11.6. The molecule has 1 aliphatic heterocycles. The Balaban J connectivity index is 1.95. The first-order valence-corrected chi connectivity index (χ1v) is 7.88. The normalized spacial score (nSPS) is 27.9. The van der Waals surface area contributed by atoms with Crippen LogP contribution in [0.4, 0.5) is 4.79 Å². The van der Waals surface area contributed by atoms with E-state index in [4.69, 9.17) is 9.84 Å². The molecule has 6 nitrogen and oxygen atoms in total. The molecule has 1 saturated heterocycles. The number of nitrogens with zero attached hydrogens (tertiary/aromatic N) is 1. The molecule has 1 aliphatic carbocycles. The molecule has 1 saturated carbocycles. The predicted molar refractivity (Wildman–Crippen MR) is 78.1 cm³/mol. The van der Waals surface area contributed by atoms with Crippen LogP contribution in [-0.4, -0.2) is 53.8 Å². The Morgan fingerprint density at radius 1 is 1.38 bits per heavy atom. The summed E-state index contributed by atoms with van der Waals surface area (Å²) in [4.78, 5) is 24.9. The Morgan fingerprint density at radius 3 is 2.67 bits per heavy atom. The molecule has 6 heteroatoms. The topological polar surface area (TPSA) is 78.9 Å². The molecular weight excluding hydrogens is 272 g/mol. The van der Waals surface area contributed by atoms with Crippen LogP contribution in [-0.2, 0) is 9.53 Å². The van der Waals surface area contributed by atoms with Crippen molar-refractivity contribution in [2.45, 2.75) is 51.6 Å². The summed E-state index contributed by atoms with van der Waals surface area (Å²) in [6.45, 7) is 5.92. The Morgan fingerprint density at radius 2 is 2.10 bits per heavy atom. The fraction of sp³-hybridized carbons (Fsp3) is 0.867. The molecule has 0 aromatic rings. The second kappa shape index (κ2) is 7.11. The summed E-state index contributed by atoms with van der Waals surface area (Å²) in [7, 11) is 0. The van der Waals surface area contributed by atoms with Crippen molar-refractivity contribution < 1.29 is 19.4 Å². The molecule has 0 radical (unpaired) electrons. The average Bonchev–Trinajstić information content (AvgIpc) is 3.21. The summed E-state index contributed by atoms with van der Waals surface area (Å²) in [5.74, 6) is 0.0528. The number of alkyl carbamates (subject to hydrolysis) is 1. The van der Waals surface area contributed by atoms with Gasteiger partial charge in [0, 0.05) is 31.6 Å². The fourth-order valence-electron chi connectivity index (χ4n) is 3.29. The standard InChI is InChI=1S/C15H26N2O4/c1-3-21-15(20)16-13-6-11(7-14(18)19)8-17(9-13)10(2)12-4-5-12/h10-13H,3-9H2,1-2H3,(H,16,20)(H,18,19). The lowest BCUT2D eigenvalue weighted by atomic mass is 9.90. The first-order chi connectivity index (χ1) is 9.99. The van der Waals surface area contributed by atoms with Crippen LogP contribution in [0.25, 0.3) is 0 Å². The Hall–Kier alpha value is -1.30. The van der Waals surface area contributed by atoms with E-state index >= 15 is 0 Å². The minimum absolute atomic E-state index is 0.0247. The molecule has 1 heterocycles. The number of carboxylic acids is 1. The van der Waals surface area contributed by atoms with Crippen LogP contribution in [0.2, 0.25) is 0 Å². The molecule has 21 heavy (non-hydrogen) atoms. The van der Waals surface area contributed by atoms with Gasteiger partial charge < -0.3 is 15.2 Å². The molecule has 2 N–H and O–H groups in total. The van der Waals surface area contributed by atoms with E-state index in [1.165, 1.54) is 12.8 Å². The third kappa shape index (κ3) is 4.88. The van der Waals surface area contributed by atoms with Crippen molar-refractivity contribution in [1.29, 1.82) is 0 Å². The van der Waals surface area contributed by atoms with Gasteiger partial charge >= 0.3 is 12.1 Å². The summed E-state index contributed by atoms with van der Waals surface area (Å²) in [6, 6.07) is 0.441. The summed E-state index contributed by atoms with van der Waals surface area (Å²) in [6.07, 6.45) is 2.99. The van der Waals surface area contributed by atoms with Crippen molar-refractivity contribution in [3.8, 4) is 0 Å². The highest BCUT2D eigenvalue weighted by molar-refractivity contribution is 5.68. The van der Waals surface area contributed by atoms with Gasteiger partial charge in [0.25, 0.3) is 0 Å². The number of ether oxygens (including phenoxy) is 1. The van der Waals surface area contributed by atoms with Crippen LogP contribution in [0.5, 0.6) is 0 Å². The summed E-state index contributed by atoms with van der Waals surface area (Å²) in [5, 5.41) is 11.9. The first-order valence-electron chi connectivity index (χ1n) is 7.88. The van der Waals surface area contributed by atoms with E-state index in [0.717, 1.165) is 19.0 Å². The predicted octanol–water partition coefficient (Wildman–Crippen LogP) is 1.70. The molecule has 0 aromatic heterocycles. The number of hydrogen-bond donors (Lipinski definition) is 2. The van der Waals surface area contributed by atoms with Crippen molar-refractivity contribution in [2.75, 3.05) is 19.7 Å². The zero-order chi connectivity index (χ0) is 15.4. The van der Waals surface area contributed by atoms with Crippen LogP contribution in [0, 0.1) is 11.8 Å². The molecule has 2 rings (SSSR count). The molecule has 120 valence electrons. The summed E-state index contributed by atoms with van der Waals surface area (Å²) in [5.41, 5.74) is 0. The monoisotopic (exact) mass is 298 g/mol. The van der Waals surface area contributed by atoms with Crippen LogP contribution in [0.3, 0.4) is 0 Å². The molecule has 0 bridgehead atoms. The van der Waals surface area contributed by atoms with E-state index in [-0.39, 0.29) is 18.4 Å². The second-order valence-corrected chi connectivity index (χ2v) is 6.29. The molecule has 2 fully saturated rings. The number of hydrogen-bond acceptors (Lipinski definition) is 4. The van der Waals surface area contributed by atoms with Crippen LogP contribution in [0.15, 0.2) is 0 Å². The van der Waals surface area contributed by atoms with Crippen LogP contribution >= 0.6 is 0 Å². The average molecular weight is 298 g/mol. The number of nitrogens with one attached hydrogen (secondary N) is 1. The number of amides is 1. The minimum Gasteiger partial charge on any atom is -0.481 e. The van der Waals surface area contributed by atoms with E-state index in [0.29, 0.717) is 19.1 Å². The number of carbonyl (C=O) groups is 2. The first kappa shape index (κ1) is 16.1. The van der Waals surface area contributed by atoms with Crippen molar-refractivity contribution in [2.24, 2.45) is 11.8 Å². The van der Waals surface area contributed by atoms with Gasteiger partial charge in [-0.2, -0.15) is 0 Å². The van der Waals surface area contributed by atoms with Gasteiger partial charge in [-0.05, 0) is 44.9 Å². The summed E-state index contributed by atoms with van der Waals surface area (Å²) < 4.78 is 4.93. The smallest absolute Gasteiger partial charge is 0.407 e. The van der Waals surface area contributed by atoms with Gasteiger partial charge in [-0.15, -0.1) is 0 Å². The number of piperidine rings is 1. The summed E-state index contributed by atoms with van der Waals surface area (Å²) >= 11 is 0. The van der Waals surface area contributed by atoms with Gasteiger partial charge in [0.05, 0.1) is 6.61 Å². The highest BCUT2D eigenvalue weighted by Crippen LogP contribution is 2.36. The second-order valence-electron chi connectivity index (χ2n) is 6.29. The SMILES string of the molecule is CCOC(=O)NC1CC(CC(=O)O)CN(C(C)C2CC2)C1. The van der Waals surface area contributed by atoms with E-state index < -0.39 is 12.1 Å². The Bertz CT molecular complexity index is 384. The largest absolute Gasteiger partial charge is 0.481 e. The molecule has 3 unspecified atom stereocenters. The third-order valence-corrected chi connectivity index (χ3v) is 4.51. The number of rotatable bonds is 6. The van der Waals surface area contributed by atoms with E-state index in [1.807, 2.05) is 0 Å². The molecular formula is C15H26N2O4. The fourth-order valence-corrected chi connectivity index (χ4v) is 3.29. The van der Waals surface area contributed by atoms with Crippen molar-refractivity contribution >= 4 is 12.1 Å². The zero-order valence-corrected chi connectivity index (χ0v) is 12.9. The van der Waals surface area contributed by atoms with Crippen molar-refractivity contribution in [3.05, 3.63) is 0 Å². The van der Waals surface area contributed by atoms with Gasteiger partial charge in [-0.1, -0.05) is 0 Å². The number of likely N-dealkylation sites (tertiary alicyclic amines) is 1. The molecule has 0 spiro atoms. The highest BCUT2D eigenvalue weighted by Gasteiger charge is 2.37. The third-order valence-electron chi connectivity index (χ3n) is 4.51. The van der Waals surface area contributed by atoms with E-state index in [2.05, 4.69) is 17.1 Å². The highest BCUT2D eigenvalue weighted by atomic mass is 16.5.